The minimum atomic E-state index is -0.870. The van der Waals surface area contributed by atoms with Gasteiger partial charge in [-0.25, -0.2) is 4.79 Å². The van der Waals surface area contributed by atoms with Gasteiger partial charge in [-0.15, -0.1) is 11.3 Å². The number of rotatable bonds is 8. The molecule has 37 heavy (non-hydrogen) atoms. The Morgan fingerprint density at radius 2 is 1.95 bits per heavy atom. The van der Waals surface area contributed by atoms with Gasteiger partial charge in [-0.2, -0.15) is 0 Å². The highest BCUT2D eigenvalue weighted by atomic mass is 32.1. The van der Waals surface area contributed by atoms with Gasteiger partial charge >= 0.3 is 11.9 Å². The van der Waals surface area contributed by atoms with Gasteiger partial charge in [-0.05, 0) is 68.3 Å². The molecule has 2 aromatic rings. The average Bonchev–Trinajstić information content (AvgIpc) is 3.44. The first kappa shape index (κ1) is 26.6. The van der Waals surface area contributed by atoms with Crippen molar-refractivity contribution in [1.82, 2.24) is 4.90 Å². The number of ether oxygens (including phenoxy) is 2. The van der Waals surface area contributed by atoms with Crippen molar-refractivity contribution in [1.29, 1.82) is 0 Å². The highest BCUT2D eigenvalue weighted by molar-refractivity contribution is 7.14. The summed E-state index contributed by atoms with van der Waals surface area (Å²) in [5, 5.41) is 15.6. The van der Waals surface area contributed by atoms with Crippen LogP contribution in [0.25, 0.3) is 5.57 Å². The second kappa shape index (κ2) is 10.5. The van der Waals surface area contributed by atoms with Crippen molar-refractivity contribution in [2.75, 3.05) is 12.1 Å². The molecule has 0 unspecified atom stereocenters. The Bertz CT molecular complexity index is 1240. The lowest BCUT2D eigenvalue weighted by Gasteiger charge is -2.44. The Labute approximate surface area is 219 Å². The van der Waals surface area contributed by atoms with Crippen LogP contribution in [0.15, 0.2) is 47.5 Å². The third-order valence-corrected chi connectivity index (χ3v) is 7.12. The SMILES string of the molecule is C[C@@H](O)[C@H]1C(=O)N2C(C(=O)OCOC(=O)C(C)(C)C)=C(c3cccc(CC(=O)Nc4cccs4)c3)C[C@H]12. The van der Waals surface area contributed by atoms with Gasteiger partial charge in [0.15, 0.2) is 0 Å². The second-order valence-corrected chi connectivity index (χ2v) is 11.2. The molecular weight excluding hydrogens is 496 g/mol. The maximum absolute atomic E-state index is 13.1. The van der Waals surface area contributed by atoms with E-state index in [0.29, 0.717) is 17.6 Å². The van der Waals surface area contributed by atoms with Crippen LogP contribution in [0.5, 0.6) is 0 Å². The number of nitrogens with one attached hydrogen (secondary N) is 1. The zero-order chi connectivity index (χ0) is 26.9. The van der Waals surface area contributed by atoms with Crippen LogP contribution < -0.4 is 5.32 Å². The van der Waals surface area contributed by atoms with E-state index >= 15 is 0 Å². The number of aliphatic hydroxyl groups excluding tert-OH is 1. The highest BCUT2D eigenvalue weighted by Gasteiger charge is 2.57. The number of anilines is 1. The van der Waals surface area contributed by atoms with Crippen LogP contribution in [-0.2, 0) is 35.1 Å². The lowest BCUT2D eigenvalue weighted by atomic mass is 9.82. The standard InChI is InChI=1S/C27H30N2O7S/c1-15(30)22-19-13-18(17-8-5-7-16(11-17)12-20(31)28-21-9-6-10-37-21)23(29(19)24(22)32)25(33)35-14-36-26(34)27(2,3)4/h5-11,15,19,22,30H,12-14H2,1-4H3,(H,28,31)/t15-,19-,22-/m1/s1. The number of aliphatic hydroxyl groups is 1. The molecular formula is C27H30N2O7S. The van der Waals surface area contributed by atoms with Crippen LogP contribution in [0.4, 0.5) is 5.00 Å². The largest absolute Gasteiger partial charge is 0.427 e. The summed E-state index contributed by atoms with van der Waals surface area (Å²) in [6.45, 7) is 6.02. The molecule has 3 atom stereocenters. The van der Waals surface area contributed by atoms with E-state index in [9.17, 15) is 24.3 Å². The molecule has 10 heteroatoms. The van der Waals surface area contributed by atoms with Crippen molar-refractivity contribution in [2.24, 2.45) is 11.3 Å². The monoisotopic (exact) mass is 526 g/mol. The number of fused-ring (bicyclic) bond motifs is 1. The van der Waals surface area contributed by atoms with E-state index in [2.05, 4.69) is 5.32 Å². The molecule has 2 amide bonds. The van der Waals surface area contributed by atoms with Gasteiger partial charge in [0.1, 0.15) is 5.70 Å². The number of hydrogen-bond donors (Lipinski definition) is 2. The highest BCUT2D eigenvalue weighted by Crippen LogP contribution is 2.47. The van der Waals surface area contributed by atoms with Crippen LogP contribution in [0.1, 0.15) is 45.2 Å². The average molecular weight is 527 g/mol. The van der Waals surface area contributed by atoms with E-state index in [1.807, 2.05) is 29.6 Å². The number of carbonyl (C=O) groups is 4. The molecule has 1 fully saturated rings. The second-order valence-electron chi connectivity index (χ2n) is 10.2. The maximum Gasteiger partial charge on any atom is 0.358 e. The summed E-state index contributed by atoms with van der Waals surface area (Å²) in [5.41, 5.74) is 1.29. The van der Waals surface area contributed by atoms with Crippen LogP contribution >= 0.6 is 11.3 Å². The van der Waals surface area contributed by atoms with E-state index in [1.165, 1.54) is 16.2 Å². The minimum Gasteiger partial charge on any atom is -0.427 e. The number of hydrogen-bond acceptors (Lipinski definition) is 8. The fourth-order valence-electron chi connectivity index (χ4n) is 4.52. The van der Waals surface area contributed by atoms with Gasteiger partial charge in [0.05, 0.1) is 34.9 Å². The van der Waals surface area contributed by atoms with Crippen molar-refractivity contribution in [2.45, 2.75) is 52.7 Å². The molecule has 0 spiro atoms. The van der Waals surface area contributed by atoms with Crippen LogP contribution in [-0.4, -0.2) is 52.7 Å². The predicted octanol–water partition coefficient (Wildman–Crippen LogP) is 3.34. The summed E-state index contributed by atoms with van der Waals surface area (Å²) in [6.07, 6.45) is -0.396. The number of nitrogens with zero attached hydrogens (tertiary/aromatic N) is 1. The van der Waals surface area contributed by atoms with Gasteiger partial charge in [-0.3, -0.25) is 14.4 Å². The first-order valence-electron chi connectivity index (χ1n) is 12.0. The Hall–Kier alpha value is -3.50. The number of carbonyl (C=O) groups excluding carboxylic acids is 4. The molecule has 0 saturated carbocycles. The topological polar surface area (TPSA) is 122 Å². The van der Waals surface area contributed by atoms with Gasteiger partial charge in [-0.1, -0.05) is 24.3 Å². The van der Waals surface area contributed by atoms with E-state index in [-0.39, 0.29) is 30.0 Å². The molecule has 0 aliphatic carbocycles. The molecule has 0 bridgehead atoms. The van der Waals surface area contributed by atoms with Crippen molar-refractivity contribution >= 4 is 45.7 Å². The van der Waals surface area contributed by atoms with Gasteiger partial charge in [0.25, 0.3) is 0 Å². The molecule has 1 saturated heterocycles. The Balaban J connectivity index is 1.56. The molecule has 2 aliphatic heterocycles. The molecule has 1 aromatic carbocycles. The molecule has 1 aromatic heterocycles. The Morgan fingerprint density at radius 3 is 2.59 bits per heavy atom. The molecule has 196 valence electrons. The molecule has 2 aliphatic rings. The number of benzene rings is 1. The number of β-lactam (4-membered cyclic amide) rings is 1. The van der Waals surface area contributed by atoms with Crippen molar-refractivity contribution in [3.8, 4) is 0 Å². The summed E-state index contributed by atoms with van der Waals surface area (Å²) in [7, 11) is 0. The van der Waals surface area contributed by atoms with Crippen LogP contribution in [0, 0.1) is 11.3 Å². The fraction of sp³-hybridized carbons (Fsp3) is 0.407. The summed E-state index contributed by atoms with van der Waals surface area (Å²) >= 11 is 1.43. The number of amides is 2. The van der Waals surface area contributed by atoms with Crippen LogP contribution in [0.2, 0.25) is 0 Å². The van der Waals surface area contributed by atoms with E-state index in [1.54, 1.807) is 39.8 Å². The Kier molecular flexibility index (Phi) is 7.52. The third-order valence-electron chi connectivity index (χ3n) is 6.34. The molecule has 9 nitrogen and oxygen atoms in total. The van der Waals surface area contributed by atoms with Gasteiger partial charge in [0, 0.05) is 0 Å². The summed E-state index contributed by atoms with van der Waals surface area (Å²) in [5.74, 6) is -2.48. The smallest absolute Gasteiger partial charge is 0.358 e. The normalized spacial score (nSPS) is 19.7. The molecule has 3 heterocycles. The first-order chi connectivity index (χ1) is 17.5. The number of thiophene rings is 1. The van der Waals surface area contributed by atoms with Gasteiger partial charge < -0.3 is 24.8 Å². The molecule has 2 N–H and O–H groups in total. The zero-order valence-corrected chi connectivity index (χ0v) is 22.0. The summed E-state index contributed by atoms with van der Waals surface area (Å²) in [4.78, 5) is 51.8. The van der Waals surface area contributed by atoms with Crippen molar-refractivity contribution in [3.05, 3.63) is 58.6 Å². The lowest BCUT2D eigenvalue weighted by Crippen LogP contribution is -2.61. The molecule has 4 rings (SSSR count). The van der Waals surface area contributed by atoms with Crippen molar-refractivity contribution < 1.29 is 33.8 Å². The summed E-state index contributed by atoms with van der Waals surface area (Å²) in [6, 6.07) is 10.5. The minimum absolute atomic E-state index is 0.0684. The summed E-state index contributed by atoms with van der Waals surface area (Å²) < 4.78 is 10.3. The predicted molar refractivity (Wildman–Crippen MR) is 137 cm³/mol. The van der Waals surface area contributed by atoms with E-state index in [0.717, 1.165) is 10.6 Å². The third kappa shape index (κ3) is 5.60. The quantitative estimate of drug-likeness (QED) is 0.307. The number of esters is 2. The van der Waals surface area contributed by atoms with E-state index in [4.69, 9.17) is 9.47 Å². The molecule has 0 radical (unpaired) electrons. The lowest BCUT2D eigenvalue weighted by molar-refractivity contribution is -0.175. The zero-order valence-electron chi connectivity index (χ0n) is 21.1. The maximum atomic E-state index is 13.1. The van der Waals surface area contributed by atoms with Crippen molar-refractivity contribution in [3.63, 3.8) is 0 Å². The van der Waals surface area contributed by atoms with Crippen LogP contribution in [0.3, 0.4) is 0 Å². The fourth-order valence-corrected chi connectivity index (χ4v) is 5.16. The van der Waals surface area contributed by atoms with E-state index < -0.39 is 36.2 Å². The first-order valence-corrected chi connectivity index (χ1v) is 12.9. The van der Waals surface area contributed by atoms with Gasteiger partial charge in [0.2, 0.25) is 18.6 Å². The Morgan fingerprint density at radius 1 is 1.19 bits per heavy atom.